The van der Waals surface area contributed by atoms with Crippen LogP contribution in [0.1, 0.15) is 15.9 Å². The predicted octanol–water partition coefficient (Wildman–Crippen LogP) is 4.04. The summed E-state index contributed by atoms with van der Waals surface area (Å²) in [6, 6.07) is 11.2. The van der Waals surface area contributed by atoms with Crippen LogP contribution in [0.4, 0.5) is 0 Å². The number of benzene rings is 2. The molecule has 2 nitrogen and oxygen atoms in total. The molecule has 0 saturated carbocycles. The van der Waals surface area contributed by atoms with E-state index in [2.05, 4.69) is 15.9 Å². The number of carbonyl (C=O) groups is 1. The molecule has 0 aliphatic carbocycles. The third kappa shape index (κ3) is 2.68. The lowest BCUT2D eigenvalue weighted by Gasteiger charge is -2.04. The van der Waals surface area contributed by atoms with E-state index in [1.165, 1.54) is 12.1 Å². The molecule has 0 unspecified atom stereocenters. The highest BCUT2D eigenvalue weighted by atomic mass is 79.9. The van der Waals surface area contributed by atoms with Gasteiger partial charge in [-0.05, 0) is 42.5 Å². The second-order valence-electron chi connectivity index (χ2n) is 3.50. The van der Waals surface area contributed by atoms with Gasteiger partial charge in [0, 0.05) is 15.6 Å². The van der Waals surface area contributed by atoms with E-state index < -0.39 is 0 Å². The molecule has 0 radical (unpaired) electrons. The smallest absolute Gasteiger partial charge is 0.194 e. The highest BCUT2D eigenvalue weighted by Crippen LogP contribution is 2.24. The lowest BCUT2D eigenvalue weighted by Crippen LogP contribution is -2.01. The molecule has 2 aromatic carbocycles. The number of phenols is 1. The molecule has 0 fully saturated rings. The van der Waals surface area contributed by atoms with Crippen molar-refractivity contribution in [2.24, 2.45) is 0 Å². The minimum absolute atomic E-state index is 0.127. The van der Waals surface area contributed by atoms with Gasteiger partial charge in [-0.3, -0.25) is 4.79 Å². The number of halogens is 2. The first-order valence-electron chi connectivity index (χ1n) is 4.87. The Bertz CT molecular complexity index is 564. The van der Waals surface area contributed by atoms with Crippen LogP contribution < -0.4 is 0 Å². The van der Waals surface area contributed by atoms with Crippen molar-refractivity contribution in [2.45, 2.75) is 0 Å². The number of carbonyl (C=O) groups excluding carboxylic acids is 1. The summed E-state index contributed by atoms with van der Waals surface area (Å²) < 4.78 is 0.795. The number of rotatable bonds is 2. The van der Waals surface area contributed by atoms with Gasteiger partial charge < -0.3 is 5.11 Å². The number of ketones is 1. The molecule has 0 amide bonds. The maximum atomic E-state index is 12.1. The standard InChI is InChI=1S/C13H8BrClO2/c14-9-3-6-12(15)11(7-9)13(17)8-1-4-10(16)5-2-8/h1-7,16H. The summed E-state index contributed by atoms with van der Waals surface area (Å²) in [5.74, 6) is -0.0433. The van der Waals surface area contributed by atoms with Crippen LogP contribution in [0.3, 0.4) is 0 Å². The molecule has 0 atom stereocenters. The van der Waals surface area contributed by atoms with E-state index in [9.17, 15) is 4.79 Å². The Balaban J connectivity index is 2.43. The maximum Gasteiger partial charge on any atom is 0.194 e. The van der Waals surface area contributed by atoms with Crippen LogP contribution in [0.5, 0.6) is 5.75 Å². The van der Waals surface area contributed by atoms with Gasteiger partial charge in [-0.25, -0.2) is 0 Å². The van der Waals surface area contributed by atoms with E-state index in [4.69, 9.17) is 16.7 Å². The van der Waals surface area contributed by atoms with Gasteiger partial charge in [0.2, 0.25) is 0 Å². The zero-order valence-electron chi connectivity index (χ0n) is 8.65. The van der Waals surface area contributed by atoms with Crippen LogP contribution in [0, 0.1) is 0 Å². The van der Waals surface area contributed by atoms with Crippen LogP contribution in [0.25, 0.3) is 0 Å². The molecular weight excluding hydrogens is 303 g/mol. The number of aromatic hydroxyl groups is 1. The van der Waals surface area contributed by atoms with Gasteiger partial charge in [-0.2, -0.15) is 0 Å². The minimum Gasteiger partial charge on any atom is -0.508 e. The Labute approximate surface area is 112 Å². The molecule has 0 aliphatic heterocycles. The van der Waals surface area contributed by atoms with E-state index in [1.807, 2.05) is 0 Å². The monoisotopic (exact) mass is 310 g/mol. The average Bonchev–Trinajstić information content (AvgIpc) is 2.32. The maximum absolute atomic E-state index is 12.1. The van der Waals surface area contributed by atoms with Crippen LogP contribution in [0.2, 0.25) is 5.02 Å². The van der Waals surface area contributed by atoms with Gasteiger partial charge in [0.1, 0.15) is 5.75 Å². The molecule has 0 heterocycles. The fraction of sp³-hybridized carbons (Fsp3) is 0. The van der Waals surface area contributed by atoms with E-state index in [1.54, 1.807) is 30.3 Å². The zero-order chi connectivity index (χ0) is 12.4. The van der Waals surface area contributed by atoms with Crippen molar-refractivity contribution in [1.82, 2.24) is 0 Å². The third-order valence-corrected chi connectivity index (χ3v) is 3.13. The first kappa shape index (κ1) is 12.1. The van der Waals surface area contributed by atoms with Gasteiger partial charge in [0.15, 0.2) is 5.78 Å². The Morgan fingerprint density at radius 3 is 2.41 bits per heavy atom. The zero-order valence-corrected chi connectivity index (χ0v) is 11.0. The van der Waals surface area contributed by atoms with Crippen molar-refractivity contribution in [2.75, 3.05) is 0 Å². The first-order chi connectivity index (χ1) is 8.08. The quantitative estimate of drug-likeness (QED) is 0.850. The van der Waals surface area contributed by atoms with Gasteiger partial charge in [0.25, 0.3) is 0 Å². The van der Waals surface area contributed by atoms with Crippen molar-refractivity contribution in [3.05, 3.63) is 63.1 Å². The van der Waals surface area contributed by atoms with Gasteiger partial charge in [-0.1, -0.05) is 27.5 Å². The fourth-order valence-electron chi connectivity index (χ4n) is 1.44. The molecule has 0 aromatic heterocycles. The largest absolute Gasteiger partial charge is 0.508 e. The summed E-state index contributed by atoms with van der Waals surface area (Å²) >= 11 is 9.28. The molecule has 1 N–H and O–H groups in total. The van der Waals surface area contributed by atoms with E-state index in [0.29, 0.717) is 16.1 Å². The molecule has 2 rings (SSSR count). The lowest BCUT2D eigenvalue weighted by molar-refractivity contribution is 0.103. The molecule has 0 spiro atoms. The molecule has 0 aliphatic rings. The second-order valence-corrected chi connectivity index (χ2v) is 4.82. The van der Waals surface area contributed by atoms with Crippen molar-refractivity contribution in [3.63, 3.8) is 0 Å². The Hall–Kier alpha value is -1.32. The lowest BCUT2D eigenvalue weighted by atomic mass is 10.0. The summed E-state index contributed by atoms with van der Waals surface area (Å²) in [5, 5.41) is 9.57. The van der Waals surface area contributed by atoms with Crippen molar-refractivity contribution in [1.29, 1.82) is 0 Å². The summed E-state index contributed by atoms with van der Waals surface area (Å²) in [7, 11) is 0. The van der Waals surface area contributed by atoms with Crippen LogP contribution >= 0.6 is 27.5 Å². The topological polar surface area (TPSA) is 37.3 Å². The Morgan fingerprint density at radius 2 is 1.76 bits per heavy atom. The normalized spacial score (nSPS) is 10.2. The fourth-order valence-corrected chi connectivity index (χ4v) is 2.00. The average molecular weight is 312 g/mol. The summed E-state index contributed by atoms with van der Waals surface area (Å²) in [4.78, 5) is 12.1. The first-order valence-corrected chi connectivity index (χ1v) is 6.04. The van der Waals surface area contributed by atoms with Crippen LogP contribution in [-0.4, -0.2) is 10.9 Å². The summed E-state index contributed by atoms with van der Waals surface area (Å²) in [6.45, 7) is 0. The molecule has 0 saturated heterocycles. The number of hydrogen-bond donors (Lipinski definition) is 1. The van der Waals surface area contributed by atoms with Gasteiger partial charge in [-0.15, -0.1) is 0 Å². The van der Waals surface area contributed by atoms with Gasteiger partial charge in [0.05, 0.1) is 5.02 Å². The van der Waals surface area contributed by atoms with Crippen LogP contribution in [0.15, 0.2) is 46.9 Å². The molecule has 17 heavy (non-hydrogen) atoms. The molecular formula is C13H8BrClO2. The third-order valence-electron chi connectivity index (χ3n) is 2.30. The number of phenolic OH excluding ortho intramolecular Hbond substituents is 1. The number of hydrogen-bond acceptors (Lipinski definition) is 2. The van der Waals surface area contributed by atoms with E-state index in [0.717, 1.165) is 4.47 Å². The van der Waals surface area contributed by atoms with Crippen molar-refractivity contribution >= 4 is 33.3 Å². The van der Waals surface area contributed by atoms with E-state index in [-0.39, 0.29) is 11.5 Å². The molecule has 86 valence electrons. The highest BCUT2D eigenvalue weighted by molar-refractivity contribution is 9.10. The molecule has 2 aromatic rings. The van der Waals surface area contributed by atoms with Crippen LogP contribution in [-0.2, 0) is 0 Å². The van der Waals surface area contributed by atoms with E-state index >= 15 is 0 Å². The summed E-state index contributed by atoms with van der Waals surface area (Å²) in [6.07, 6.45) is 0. The predicted molar refractivity (Wildman–Crippen MR) is 70.7 cm³/mol. The van der Waals surface area contributed by atoms with Gasteiger partial charge >= 0.3 is 0 Å². The SMILES string of the molecule is O=C(c1ccc(O)cc1)c1cc(Br)ccc1Cl. The Kier molecular flexibility index (Phi) is 3.50. The Morgan fingerprint density at radius 1 is 1.12 bits per heavy atom. The van der Waals surface area contributed by atoms with Crippen molar-refractivity contribution in [3.8, 4) is 5.75 Å². The highest BCUT2D eigenvalue weighted by Gasteiger charge is 2.13. The minimum atomic E-state index is -0.170. The van der Waals surface area contributed by atoms with Crippen molar-refractivity contribution < 1.29 is 9.90 Å². The molecule has 4 heteroatoms. The second kappa shape index (κ2) is 4.90. The summed E-state index contributed by atoms with van der Waals surface area (Å²) in [5.41, 5.74) is 0.925. The molecule has 0 bridgehead atoms.